The normalized spacial score (nSPS) is 10.9. The fraction of sp³-hybridized carbons (Fsp3) is 0.0286. The highest BCUT2D eigenvalue weighted by Crippen LogP contribution is 2.31. The molecule has 0 unspecified atom stereocenters. The summed E-state index contributed by atoms with van der Waals surface area (Å²) >= 11 is 0. The second kappa shape index (κ2) is 12.6. The Labute approximate surface area is 253 Å². The zero-order valence-corrected chi connectivity index (χ0v) is 23.4. The molecule has 0 bridgehead atoms. The first-order valence-corrected chi connectivity index (χ1v) is 13.8. The van der Waals surface area contributed by atoms with Gasteiger partial charge in [0.2, 0.25) is 0 Å². The van der Waals surface area contributed by atoms with Crippen LogP contribution >= 0.6 is 0 Å². The molecule has 0 fully saturated rings. The van der Waals surface area contributed by atoms with Gasteiger partial charge in [0.05, 0.1) is 11.9 Å². The average molecular weight is 576 g/mol. The lowest BCUT2D eigenvalue weighted by Gasteiger charge is -2.14. The van der Waals surface area contributed by atoms with Crippen molar-refractivity contribution in [1.29, 1.82) is 5.26 Å². The Morgan fingerprint density at radius 1 is 0.773 bits per heavy atom. The SMILES string of the molecule is N#Cc1c(-c2ccccc2)c(-c2ccccc2)nn(CC(=O)N/N=C/c2cn(-c3ccccc3)nc2-c2ccccc2)c1=O. The van der Waals surface area contributed by atoms with Gasteiger partial charge in [0.25, 0.3) is 11.5 Å². The molecule has 6 aromatic rings. The summed E-state index contributed by atoms with van der Waals surface area (Å²) in [6.45, 7) is -0.436. The van der Waals surface area contributed by atoms with Gasteiger partial charge in [0, 0.05) is 28.5 Å². The maximum absolute atomic E-state index is 13.4. The Bertz CT molecular complexity index is 2050. The van der Waals surface area contributed by atoms with Gasteiger partial charge in [-0.3, -0.25) is 9.59 Å². The lowest BCUT2D eigenvalue weighted by Crippen LogP contribution is -2.33. The topological polar surface area (TPSA) is 118 Å². The molecular weight excluding hydrogens is 550 g/mol. The highest BCUT2D eigenvalue weighted by atomic mass is 16.2. The van der Waals surface area contributed by atoms with Gasteiger partial charge in [-0.15, -0.1) is 0 Å². The van der Waals surface area contributed by atoms with E-state index in [4.69, 9.17) is 5.10 Å². The maximum atomic E-state index is 13.4. The van der Waals surface area contributed by atoms with Crippen LogP contribution in [0.1, 0.15) is 11.1 Å². The van der Waals surface area contributed by atoms with Gasteiger partial charge in [0.1, 0.15) is 29.6 Å². The van der Waals surface area contributed by atoms with E-state index in [9.17, 15) is 14.9 Å². The number of aromatic nitrogens is 4. The molecule has 9 nitrogen and oxygen atoms in total. The van der Waals surface area contributed by atoms with Crippen molar-refractivity contribution in [3.63, 3.8) is 0 Å². The van der Waals surface area contributed by atoms with Crippen molar-refractivity contribution in [2.75, 3.05) is 0 Å². The van der Waals surface area contributed by atoms with Crippen molar-refractivity contribution >= 4 is 12.1 Å². The van der Waals surface area contributed by atoms with Crippen molar-refractivity contribution in [3.8, 4) is 45.4 Å². The van der Waals surface area contributed by atoms with Crippen LogP contribution in [0.4, 0.5) is 0 Å². The third-order valence-electron chi connectivity index (χ3n) is 6.87. The number of hydrazone groups is 1. The van der Waals surface area contributed by atoms with E-state index in [1.807, 2.05) is 134 Å². The minimum atomic E-state index is -0.666. The van der Waals surface area contributed by atoms with Crippen LogP contribution in [0.25, 0.3) is 39.3 Å². The van der Waals surface area contributed by atoms with Gasteiger partial charge >= 0.3 is 0 Å². The molecule has 1 amide bonds. The number of benzene rings is 4. The summed E-state index contributed by atoms with van der Waals surface area (Å²) in [6.07, 6.45) is 3.34. The number of hydrogen-bond acceptors (Lipinski definition) is 6. The number of carbonyl (C=O) groups is 1. The first-order chi connectivity index (χ1) is 21.6. The predicted octanol–water partition coefficient (Wildman–Crippen LogP) is 5.45. The molecule has 6 rings (SSSR count). The van der Waals surface area contributed by atoms with Crippen molar-refractivity contribution in [2.45, 2.75) is 6.54 Å². The maximum Gasteiger partial charge on any atom is 0.285 e. The van der Waals surface area contributed by atoms with E-state index in [2.05, 4.69) is 15.6 Å². The highest BCUT2D eigenvalue weighted by Gasteiger charge is 2.21. The fourth-order valence-electron chi connectivity index (χ4n) is 4.83. The van der Waals surface area contributed by atoms with E-state index in [-0.39, 0.29) is 5.56 Å². The molecule has 1 N–H and O–H groups in total. The molecule has 0 radical (unpaired) electrons. The summed E-state index contributed by atoms with van der Waals surface area (Å²) in [7, 11) is 0. The van der Waals surface area contributed by atoms with Crippen LogP contribution < -0.4 is 11.0 Å². The van der Waals surface area contributed by atoms with Crippen LogP contribution in [-0.4, -0.2) is 31.7 Å². The number of nitriles is 1. The fourth-order valence-corrected chi connectivity index (χ4v) is 4.83. The zero-order chi connectivity index (χ0) is 30.3. The molecule has 0 saturated carbocycles. The van der Waals surface area contributed by atoms with E-state index < -0.39 is 18.0 Å². The van der Waals surface area contributed by atoms with Crippen LogP contribution in [0.3, 0.4) is 0 Å². The molecule has 2 aromatic heterocycles. The molecule has 0 saturated heterocycles. The summed E-state index contributed by atoms with van der Waals surface area (Å²) in [5, 5.41) is 23.5. The minimum Gasteiger partial charge on any atom is -0.271 e. The standard InChI is InChI=1S/C35H25N7O2/c36-21-30-32(25-13-5-1-6-14-25)34(27-17-9-3-10-18-27)40-42(35(30)44)24-31(43)38-37-22-28-23-41(29-19-11-4-12-20-29)39-33(28)26-15-7-2-8-16-26/h1-20,22-23H,24H2,(H,38,43)/b37-22+. The van der Waals surface area contributed by atoms with Gasteiger partial charge < -0.3 is 0 Å². The Kier molecular flexibility index (Phi) is 7.97. The molecule has 0 aliphatic rings. The van der Waals surface area contributed by atoms with E-state index in [1.165, 1.54) is 6.21 Å². The average Bonchev–Trinajstić information content (AvgIpc) is 3.51. The van der Waals surface area contributed by atoms with Crippen molar-refractivity contribution in [3.05, 3.63) is 149 Å². The van der Waals surface area contributed by atoms with Gasteiger partial charge in [-0.2, -0.15) is 20.6 Å². The summed E-state index contributed by atoms with van der Waals surface area (Å²) in [6, 6.07) is 39.8. The molecule has 2 heterocycles. The monoisotopic (exact) mass is 575 g/mol. The van der Waals surface area contributed by atoms with Crippen molar-refractivity contribution < 1.29 is 4.79 Å². The summed E-state index contributed by atoms with van der Waals surface area (Å²) < 4.78 is 2.75. The smallest absolute Gasteiger partial charge is 0.271 e. The molecule has 44 heavy (non-hydrogen) atoms. The molecule has 212 valence electrons. The lowest BCUT2D eigenvalue weighted by atomic mass is 9.96. The van der Waals surface area contributed by atoms with Crippen molar-refractivity contribution in [1.82, 2.24) is 25.0 Å². The quantitative estimate of drug-likeness (QED) is 0.191. The van der Waals surface area contributed by atoms with Gasteiger partial charge in [0.15, 0.2) is 0 Å². The van der Waals surface area contributed by atoms with Gasteiger partial charge in [-0.05, 0) is 17.7 Å². The van der Waals surface area contributed by atoms with Crippen LogP contribution in [0.2, 0.25) is 0 Å². The van der Waals surface area contributed by atoms with E-state index in [1.54, 1.807) is 4.68 Å². The van der Waals surface area contributed by atoms with Crippen LogP contribution in [0.15, 0.2) is 137 Å². The Hall–Kier alpha value is -6.40. The molecule has 0 atom stereocenters. The number of carbonyl (C=O) groups excluding carboxylic acids is 1. The number of nitrogens with zero attached hydrogens (tertiary/aromatic N) is 6. The largest absolute Gasteiger partial charge is 0.285 e. The van der Waals surface area contributed by atoms with E-state index in [0.717, 1.165) is 15.9 Å². The number of amides is 1. The Balaban J connectivity index is 1.30. The van der Waals surface area contributed by atoms with Gasteiger partial charge in [-0.1, -0.05) is 109 Å². The van der Waals surface area contributed by atoms with Crippen molar-refractivity contribution in [2.24, 2.45) is 5.10 Å². The number of nitrogens with one attached hydrogen (secondary N) is 1. The van der Waals surface area contributed by atoms with Crippen LogP contribution in [0, 0.1) is 11.3 Å². The molecule has 9 heteroatoms. The Morgan fingerprint density at radius 3 is 1.91 bits per heavy atom. The second-order valence-corrected chi connectivity index (χ2v) is 9.78. The molecule has 4 aromatic carbocycles. The van der Waals surface area contributed by atoms with Gasteiger partial charge in [-0.25, -0.2) is 14.8 Å². The summed E-state index contributed by atoms with van der Waals surface area (Å²) in [5.41, 5.74) is 7.09. The predicted molar refractivity (Wildman–Crippen MR) is 169 cm³/mol. The summed E-state index contributed by atoms with van der Waals surface area (Å²) in [5.74, 6) is -0.581. The Morgan fingerprint density at radius 2 is 1.32 bits per heavy atom. The molecule has 0 spiro atoms. The van der Waals surface area contributed by atoms with Crippen LogP contribution in [-0.2, 0) is 11.3 Å². The third-order valence-corrected chi connectivity index (χ3v) is 6.87. The molecule has 0 aliphatic heterocycles. The van der Waals surface area contributed by atoms with E-state index in [0.29, 0.717) is 33.6 Å². The highest BCUT2D eigenvalue weighted by molar-refractivity contribution is 5.90. The number of para-hydroxylation sites is 1. The first-order valence-electron chi connectivity index (χ1n) is 13.8. The lowest BCUT2D eigenvalue weighted by molar-refractivity contribution is -0.121. The summed E-state index contributed by atoms with van der Waals surface area (Å²) in [4.78, 5) is 26.4. The zero-order valence-electron chi connectivity index (χ0n) is 23.4. The molecule has 0 aliphatic carbocycles. The first kappa shape index (κ1) is 27.8. The number of hydrogen-bond donors (Lipinski definition) is 1. The minimum absolute atomic E-state index is 0.0952. The second-order valence-electron chi connectivity index (χ2n) is 9.78. The van der Waals surface area contributed by atoms with Crippen LogP contribution in [0.5, 0.6) is 0 Å². The third kappa shape index (κ3) is 5.82. The molecular formula is C35H25N7O2. The number of rotatable bonds is 8. The van der Waals surface area contributed by atoms with E-state index >= 15 is 0 Å².